The second kappa shape index (κ2) is 8.14. The van der Waals surface area contributed by atoms with E-state index in [4.69, 9.17) is 9.47 Å². The summed E-state index contributed by atoms with van der Waals surface area (Å²) in [5, 5.41) is 0. The Hall–Kier alpha value is -2.81. The average Bonchev–Trinajstić information content (AvgIpc) is 2.74. The zero-order valence-corrected chi connectivity index (χ0v) is 16.9. The topological polar surface area (TPSA) is 55.8 Å². The van der Waals surface area contributed by atoms with Crippen LogP contribution in [0.4, 0.5) is 8.78 Å². The first kappa shape index (κ1) is 20.5. The fraction of sp³-hybridized carbons (Fsp3) is 0.182. The molecule has 0 fully saturated rings. The van der Waals surface area contributed by atoms with Gasteiger partial charge in [-0.15, -0.1) is 0 Å². The van der Waals surface area contributed by atoms with E-state index in [2.05, 4.69) is 0 Å². The second-order valence-corrected chi connectivity index (χ2v) is 8.98. The first-order chi connectivity index (χ1) is 14.3. The zero-order chi connectivity index (χ0) is 21.3. The van der Waals surface area contributed by atoms with Gasteiger partial charge in [0.2, 0.25) is 16.3 Å². The number of fused-ring (bicyclic) bond motifs is 1. The molecule has 0 aliphatic carbocycles. The molecule has 4 rings (SSSR count). The van der Waals surface area contributed by atoms with Gasteiger partial charge in [0.15, 0.2) is 0 Å². The van der Waals surface area contributed by atoms with Crippen molar-refractivity contribution in [2.75, 3.05) is 7.05 Å². The van der Waals surface area contributed by atoms with Crippen molar-refractivity contribution in [3.05, 3.63) is 95.1 Å². The Morgan fingerprint density at radius 2 is 1.70 bits per heavy atom. The zero-order valence-electron chi connectivity index (χ0n) is 16.1. The molecule has 1 heterocycles. The maximum Gasteiger partial charge on any atom is 0.243 e. The molecule has 0 saturated carbocycles. The fourth-order valence-electron chi connectivity index (χ4n) is 3.28. The Labute approximate surface area is 173 Å². The lowest BCUT2D eigenvalue weighted by molar-refractivity contribution is -0.112. The molecule has 1 aliphatic rings. The molecule has 1 atom stereocenters. The van der Waals surface area contributed by atoms with Gasteiger partial charge in [-0.3, -0.25) is 0 Å². The number of sulfonamides is 1. The highest BCUT2D eigenvalue weighted by Gasteiger charge is 2.28. The van der Waals surface area contributed by atoms with Crippen molar-refractivity contribution in [1.29, 1.82) is 0 Å². The summed E-state index contributed by atoms with van der Waals surface area (Å²) in [6, 6.07) is 16.4. The van der Waals surface area contributed by atoms with Gasteiger partial charge in [-0.25, -0.2) is 17.2 Å². The molecule has 0 saturated heterocycles. The number of hydrogen-bond donors (Lipinski definition) is 0. The standard InChI is InChI=1S/C22H19F2NO4S/c1-25(30(26,27)20-9-7-18(23)8-10-20)13-16-11-19(24)12-17-14-28-22(29-21(16)17)15-5-3-2-4-6-15/h2-12,22H,13-14H2,1H3. The molecular weight excluding hydrogens is 412 g/mol. The van der Waals surface area contributed by atoms with Crippen LogP contribution in [0.5, 0.6) is 5.75 Å². The molecule has 0 N–H and O–H groups in total. The third-order valence-corrected chi connectivity index (χ3v) is 6.63. The summed E-state index contributed by atoms with van der Waals surface area (Å²) >= 11 is 0. The first-order valence-corrected chi connectivity index (χ1v) is 10.6. The average molecular weight is 431 g/mol. The van der Waals surface area contributed by atoms with Crippen LogP contribution in [0.25, 0.3) is 0 Å². The fourth-order valence-corrected chi connectivity index (χ4v) is 4.43. The number of halogens is 2. The van der Waals surface area contributed by atoms with E-state index in [0.717, 1.165) is 22.0 Å². The Morgan fingerprint density at radius 1 is 1.00 bits per heavy atom. The maximum absolute atomic E-state index is 14.2. The van der Waals surface area contributed by atoms with Crippen LogP contribution >= 0.6 is 0 Å². The Kier molecular flexibility index (Phi) is 5.55. The predicted octanol–water partition coefficient (Wildman–Crippen LogP) is 4.39. The molecule has 3 aromatic carbocycles. The van der Waals surface area contributed by atoms with Crippen molar-refractivity contribution in [3.63, 3.8) is 0 Å². The van der Waals surface area contributed by atoms with E-state index in [9.17, 15) is 17.2 Å². The third-order valence-electron chi connectivity index (χ3n) is 4.81. The second-order valence-electron chi connectivity index (χ2n) is 6.94. The van der Waals surface area contributed by atoms with Gasteiger partial charge >= 0.3 is 0 Å². The van der Waals surface area contributed by atoms with E-state index >= 15 is 0 Å². The summed E-state index contributed by atoms with van der Waals surface area (Å²) in [5.41, 5.74) is 1.68. The van der Waals surface area contributed by atoms with E-state index < -0.39 is 27.9 Å². The number of hydrogen-bond acceptors (Lipinski definition) is 4. The van der Waals surface area contributed by atoms with Crippen molar-refractivity contribution in [2.45, 2.75) is 24.3 Å². The summed E-state index contributed by atoms with van der Waals surface area (Å²) < 4.78 is 65.7. The van der Waals surface area contributed by atoms with Gasteiger partial charge in [0, 0.05) is 30.3 Å². The lowest BCUT2D eigenvalue weighted by Gasteiger charge is -2.29. The molecule has 156 valence electrons. The van der Waals surface area contributed by atoms with Crippen LogP contribution in [0.1, 0.15) is 23.0 Å². The summed E-state index contributed by atoms with van der Waals surface area (Å²) in [6.45, 7) is 0.00932. The van der Waals surface area contributed by atoms with Crippen LogP contribution in [-0.4, -0.2) is 19.8 Å². The highest BCUT2D eigenvalue weighted by Crippen LogP contribution is 2.37. The van der Waals surface area contributed by atoms with Crippen molar-refractivity contribution >= 4 is 10.0 Å². The van der Waals surface area contributed by atoms with Gasteiger partial charge in [-0.05, 0) is 36.4 Å². The van der Waals surface area contributed by atoms with Crippen molar-refractivity contribution in [2.24, 2.45) is 0 Å². The SMILES string of the molecule is CN(Cc1cc(F)cc2c1OC(c1ccccc1)OC2)S(=O)(=O)c1ccc(F)cc1. The van der Waals surface area contributed by atoms with Crippen LogP contribution in [0.3, 0.4) is 0 Å². The highest BCUT2D eigenvalue weighted by molar-refractivity contribution is 7.89. The molecule has 30 heavy (non-hydrogen) atoms. The van der Waals surface area contributed by atoms with Crippen LogP contribution < -0.4 is 4.74 Å². The minimum atomic E-state index is -3.90. The van der Waals surface area contributed by atoms with Gasteiger partial charge in [0.05, 0.1) is 11.5 Å². The molecule has 0 bridgehead atoms. The largest absolute Gasteiger partial charge is 0.460 e. The molecule has 8 heteroatoms. The van der Waals surface area contributed by atoms with Gasteiger partial charge < -0.3 is 9.47 Å². The molecule has 0 aromatic heterocycles. The van der Waals surface area contributed by atoms with E-state index in [-0.39, 0.29) is 18.0 Å². The Bertz CT molecular complexity index is 1150. The minimum Gasteiger partial charge on any atom is -0.460 e. The number of rotatable bonds is 5. The molecule has 0 radical (unpaired) electrons. The Morgan fingerprint density at radius 3 is 2.40 bits per heavy atom. The quantitative estimate of drug-likeness (QED) is 0.601. The summed E-state index contributed by atoms with van der Waals surface area (Å²) in [6.07, 6.45) is -0.679. The highest BCUT2D eigenvalue weighted by atomic mass is 32.2. The Balaban J connectivity index is 1.64. The molecule has 1 unspecified atom stereocenters. The lowest BCUT2D eigenvalue weighted by Crippen LogP contribution is -2.28. The van der Waals surface area contributed by atoms with Gasteiger partial charge in [-0.1, -0.05) is 30.3 Å². The maximum atomic E-state index is 14.2. The van der Waals surface area contributed by atoms with Crippen molar-refractivity contribution in [3.8, 4) is 5.75 Å². The summed E-state index contributed by atoms with van der Waals surface area (Å²) in [5.74, 6) is -0.643. The lowest BCUT2D eigenvalue weighted by atomic mass is 10.1. The molecular formula is C22H19F2NO4S. The van der Waals surface area contributed by atoms with Gasteiger partial charge in [-0.2, -0.15) is 4.31 Å². The van der Waals surface area contributed by atoms with Crippen molar-refractivity contribution < 1.29 is 26.7 Å². The van der Waals surface area contributed by atoms with Gasteiger partial charge in [0.1, 0.15) is 17.4 Å². The molecule has 1 aliphatic heterocycles. The molecule has 0 spiro atoms. The monoisotopic (exact) mass is 431 g/mol. The summed E-state index contributed by atoms with van der Waals surface area (Å²) in [4.78, 5) is -0.0527. The molecule has 5 nitrogen and oxygen atoms in total. The normalized spacial score (nSPS) is 16.2. The smallest absolute Gasteiger partial charge is 0.243 e. The first-order valence-electron chi connectivity index (χ1n) is 9.21. The predicted molar refractivity (Wildman–Crippen MR) is 106 cm³/mol. The van der Waals surface area contributed by atoms with Crippen molar-refractivity contribution in [1.82, 2.24) is 4.31 Å². The van der Waals surface area contributed by atoms with Crippen LogP contribution in [0, 0.1) is 11.6 Å². The number of nitrogens with zero attached hydrogens (tertiary/aromatic N) is 1. The third kappa shape index (κ3) is 4.07. The van der Waals surface area contributed by atoms with E-state index in [0.29, 0.717) is 16.9 Å². The van der Waals surface area contributed by atoms with Gasteiger partial charge in [0.25, 0.3) is 0 Å². The van der Waals surface area contributed by atoms with E-state index in [1.54, 1.807) is 0 Å². The number of ether oxygens (including phenoxy) is 2. The number of benzene rings is 3. The minimum absolute atomic E-state index is 0.0527. The van der Waals surface area contributed by atoms with Crippen LogP contribution in [-0.2, 0) is 27.9 Å². The van der Waals surface area contributed by atoms with Crippen LogP contribution in [0.2, 0.25) is 0 Å². The van der Waals surface area contributed by atoms with E-state index in [1.165, 1.54) is 31.3 Å². The van der Waals surface area contributed by atoms with Crippen LogP contribution in [0.15, 0.2) is 71.6 Å². The molecule has 0 amide bonds. The summed E-state index contributed by atoms with van der Waals surface area (Å²) in [7, 11) is -2.52. The molecule has 3 aromatic rings. The van der Waals surface area contributed by atoms with E-state index in [1.807, 2.05) is 30.3 Å².